The van der Waals surface area contributed by atoms with E-state index in [2.05, 4.69) is 10.3 Å². The molecular weight excluding hydrogens is 318 g/mol. The summed E-state index contributed by atoms with van der Waals surface area (Å²) in [5.41, 5.74) is 1.90. The third-order valence-electron chi connectivity index (χ3n) is 4.98. The Kier molecular flexibility index (Phi) is 5.91. The van der Waals surface area contributed by atoms with Gasteiger partial charge in [-0.1, -0.05) is 19.3 Å². The third kappa shape index (κ3) is 4.31. The van der Waals surface area contributed by atoms with Crippen LogP contribution < -0.4 is 11.0 Å². The maximum atomic E-state index is 12.4. The SMILES string of the molecule is CCOCCn1c(=O)[nH]c2cc(C(=O)NCC3CCCCC3)ccc21. The van der Waals surface area contributed by atoms with Crippen LogP contribution in [0.4, 0.5) is 0 Å². The lowest BCUT2D eigenvalue weighted by molar-refractivity contribution is 0.0943. The number of fused-ring (bicyclic) bond motifs is 1. The van der Waals surface area contributed by atoms with Crippen LogP contribution >= 0.6 is 0 Å². The molecule has 1 fully saturated rings. The summed E-state index contributed by atoms with van der Waals surface area (Å²) in [5.74, 6) is 0.524. The van der Waals surface area contributed by atoms with Crippen molar-refractivity contribution in [2.75, 3.05) is 19.8 Å². The molecule has 0 spiro atoms. The Morgan fingerprint density at radius 3 is 2.88 bits per heavy atom. The molecule has 0 atom stereocenters. The number of nitrogens with zero attached hydrogens (tertiary/aromatic N) is 1. The van der Waals surface area contributed by atoms with Crippen LogP contribution in [0, 0.1) is 5.92 Å². The van der Waals surface area contributed by atoms with Gasteiger partial charge in [-0.15, -0.1) is 0 Å². The first-order chi connectivity index (χ1) is 12.2. The van der Waals surface area contributed by atoms with E-state index in [-0.39, 0.29) is 11.6 Å². The van der Waals surface area contributed by atoms with Crippen molar-refractivity contribution in [3.8, 4) is 0 Å². The number of carbonyl (C=O) groups excluding carboxylic acids is 1. The van der Waals surface area contributed by atoms with Crippen LogP contribution in [0.2, 0.25) is 0 Å². The number of H-pyrrole nitrogens is 1. The fraction of sp³-hybridized carbons (Fsp3) is 0.579. The van der Waals surface area contributed by atoms with Gasteiger partial charge in [-0.05, 0) is 43.9 Å². The summed E-state index contributed by atoms with van der Waals surface area (Å²) in [5, 5.41) is 3.04. The normalized spacial score (nSPS) is 15.6. The predicted octanol–water partition coefficient (Wildman–Crippen LogP) is 2.68. The standard InChI is InChI=1S/C19H27N3O3/c1-2-25-11-10-22-17-9-8-15(12-16(17)21-19(22)24)18(23)20-13-14-6-4-3-5-7-14/h8-9,12,14H,2-7,10-11,13H2,1H3,(H,20,23)(H,21,24). The molecule has 6 nitrogen and oxygen atoms in total. The molecule has 3 rings (SSSR count). The van der Waals surface area contributed by atoms with Crippen LogP contribution in [-0.4, -0.2) is 35.2 Å². The molecule has 0 bridgehead atoms. The quantitative estimate of drug-likeness (QED) is 0.758. The van der Waals surface area contributed by atoms with Crippen LogP contribution in [0.15, 0.2) is 23.0 Å². The van der Waals surface area contributed by atoms with Crippen LogP contribution in [0.1, 0.15) is 49.4 Å². The number of ether oxygens (including phenoxy) is 1. The molecule has 0 unspecified atom stereocenters. The summed E-state index contributed by atoms with van der Waals surface area (Å²) in [7, 11) is 0. The van der Waals surface area contributed by atoms with Gasteiger partial charge in [0.05, 0.1) is 24.2 Å². The minimum Gasteiger partial charge on any atom is -0.380 e. The summed E-state index contributed by atoms with van der Waals surface area (Å²) in [6, 6.07) is 5.36. The summed E-state index contributed by atoms with van der Waals surface area (Å²) in [4.78, 5) is 27.3. The number of amides is 1. The van der Waals surface area contributed by atoms with Crippen LogP contribution in [-0.2, 0) is 11.3 Å². The largest absolute Gasteiger partial charge is 0.380 e. The monoisotopic (exact) mass is 345 g/mol. The fourth-order valence-corrected chi connectivity index (χ4v) is 3.56. The van der Waals surface area contributed by atoms with E-state index in [0.717, 1.165) is 12.1 Å². The van der Waals surface area contributed by atoms with Gasteiger partial charge < -0.3 is 15.0 Å². The van der Waals surface area contributed by atoms with E-state index in [1.54, 1.807) is 16.7 Å². The second kappa shape index (κ2) is 8.34. The van der Waals surface area contributed by atoms with Gasteiger partial charge in [0, 0.05) is 18.7 Å². The van der Waals surface area contributed by atoms with Crippen molar-refractivity contribution in [1.29, 1.82) is 0 Å². The first-order valence-corrected chi connectivity index (χ1v) is 9.27. The molecule has 2 aromatic rings. The van der Waals surface area contributed by atoms with Gasteiger partial charge >= 0.3 is 5.69 Å². The number of hydrogen-bond acceptors (Lipinski definition) is 3. The molecule has 6 heteroatoms. The number of benzene rings is 1. The molecule has 0 saturated heterocycles. The highest BCUT2D eigenvalue weighted by Gasteiger charge is 2.16. The van der Waals surface area contributed by atoms with Gasteiger partial charge in [0.1, 0.15) is 0 Å². The van der Waals surface area contributed by atoms with Crippen molar-refractivity contribution >= 4 is 16.9 Å². The van der Waals surface area contributed by atoms with Crippen LogP contribution in [0.5, 0.6) is 0 Å². The van der Waals surface area contributed by atoms with E-state index in [9.17, 15) is 9.59 Å². The lowest BCUT2D eigenvalue weighted by atomic mass is 9.89. The van der Waals surface area contributed by atoms with Crippen molar-refractivity contribution < 1.29 is 9.53 Å². The smallest absolute Gasteiger partial charge is 0.326 e. The van der Waals surface area contributed by atoms with E-state index in [1.807, 2.05) is 13.0 Å². The summed E-state index contributed by atoms with van der Waals surface area (Å²) in [6.07, 6.45) is 6.26. The van der Waals surface area contributed by atoms with E-state index in [4.69, 9.17) is 4.74 Å². The number of aromatic nitrogens is 2. The highest BCUT2D eigenvalue weighted by Crippen LogP contribution is 2.23. The molecule has 0 aliphatic heterocycles. The minimum absolute atomic E-state index is 0.0737. The maximum Gasteiger partial charge on any atom is 0.326 e. The average Bonchev–Trinajstić information content (AvgIpc) is 2.95. The lowest BCUT2D eigenvalue weighted by Crippen LogP contribution is -2.30. The molecule has 2 N–H and O–H groups in total. The Bertz CT molecular complexity index is 772. The second-order valence-corrected chi connectivity index (χ2v) is 6.72. The summed E-state index contributed by atoms with van der Waals surface area (Å²) < 4.78 is 6.97. The molecule has 136 valence electrons. The number of aromatic amines is 1. The predicted molar refractivity (Wildman–Crippen MR) is 98.0 cm³/mol. The zero-order chi connectivity index (χ0) is 17.6. The molecule has 1 aliphatic carbocycles. The summed E-state index contributed by atoms with van der Waals surface area (Å²) in [6.45, 7) is 4.29. The van der Waals surface area contributed by atoms with Crippen molar-refractivity contribution in [3.05, 3.63) is 34.2 Å². The first-order valence-electron chi connectivity index (χ1n) is 9.27. The number of nitrogens with one attached hydrogen (secondary N) is 2. The molecule has 1 aromatic heterocycles. The minimum atomic E-state index is -0.172. The molecular formula is C19H27N3O3. The van der Waals surface area contributed by atoms with E-state index in [0.29, 0.717) is 36.8 Å². The Balaban J connectivity index is 1.68. The van der Waals surface area contributed by atoms with Crippen molar-refractivity contribution in [2.24, 2.45) is 5.92 Å². The summed E-state index contributed by atoms with van der Waals surface area (Å²) >= 11 is 0. The van der Waals surface area contributed by atoms with Gasteiger partial charge in [-0.25, -0.2) is 4.79 Å². The van der Waals surface area contributed by atoms with Crippen molar-refractivity contribution in [1.82, 2.24) is 14.9 Å². The molecule has 1 heterocycles. The second-order valence-electron chi connectivity index (χ2n) is 6.72. The van der Waals surface area contributed by atoms with Crippen molar-refractivity contribution in [2.45, 2.75) is 45.6 Å². The Labute approximate surface area is 147 Å². The van der Waals surface area contributed by atoms with Gasteiger partial charge in [0.15, 0.2) is 0 Å². The highest BCUT2D eigenvalue weighted by molar-refractivity contribution is 5.97. The van der Waals surface area contributed by atoms with E-state index in [1.165, 1.54) is 32.1 Å². The Morgan fingerprint density at radius 1 is 1.32 bits per heavy atom. The number of hydrogen-bond donors (Lipinski definition) is 2. The molecule has 1 amide bonds. The van der Waals surface area contributed by atoms with Gasteiger partial charge in [-0.3, -0.25) is 9.36 Å². The topological polar surface area (TPSA) is 76.1 Å². The maximum absolute atomic E-state index is 12.4. The molecule has 0 radical (unpaired) electrons. The van der Waals surface area contributed by atoms with Gasteiger partial charge in [0.2, 0.25) is 0 Å². The van der Waals surface area contributed by atoms with Crippen LogP contribution in [0.3, 0.4) is 0 Å². The van der Waals surface area contributed by atoms with E-state index >= 15 is 0 Å². The molecule has 25 heavy (non-hydrogen) atoms. The fourth-order valence-electron chi connectivity index (χ4n) is 3.56. The first kappa shape index (κ1) is 17.7. The van der Waals surface area contributed by atoms with Crippen LogP contribution in [0.25, 0.3) is 11.0 Å². The Morgan fingerprint density at radius 2 is 2.12 bits per heavy atom. The zero-order valence-electron chi connectivity index (χ0n) is 14.8. The number of carbonyl (C=O) groups is 1. The zero-order valence-corrected chi connectivity index (χ0v) is 14.8. The average molecular weight is 345 g/mol. The van der Waals surface area contributed by atoms with Gasteiger partial charge in [-0.2, -0.15) is 0 Å². The lowest BCUT2D eigenvalue weighted by Gasteiger charge is -2.21. The molecule has 1 aliphatic rings. The molecule has 1 aromatic carbocycles. The van der Waals surface area contributed by atoms with Crippen molar-refractivity contribution in [3.63, 3.8) is 0 Å². The van der Waals surface area contributed by atoms with E-state index < -0.39 is 0 Å². The van der Waals surface area contributed by atoms with Gasteiger partial charge in [0.25, 0.3) is 5.91 Å². The molecule has 1 saturated carbocycles. The number of rotatable bonds is 7. The third-order valence-corrected chi connectivity index (χ3v) is 4.98. The number of imidazole rings is 1. The highest BCUT2D eigenvalue weighted by atomic mass is 16.5. The Hall–Kier alpha value is -2.08.